The van der Waals surface area contributed by atoms with Gasteiger partial charge in [0.05, 0.1) is 11.3 Å². The first kappa shape index (κ1) is 17.2. The molecule has 1 heterocycles. The molecular formula is C18H18N4O2. The lowest BCUT2D eigenvalue weighted by Gasteiger charge is -2.11. The van der Waals surface area contributed by atoms with Gasteiger partial charge in [0.15, 0.2) is 0 Å². The zero-order chi connectivity index (χ0) is 17.5. The van der Waals surface area contributed by atoms with Gasteiger partial charge < -0.3 is 10.6 Å². The smallest absolute Gasteiger partial charge is 0.270 e. The molecule has 1 aromatic heterocycles. The number of hydrogen-bond acceptors (Lipinski definition) is 4. The summed E-state index contributed by atoms with van der Waals surface area (Å²) < 4.78 is 0. The van der Waals surface area contributed by atoms with Crippen molar-refractivity contribution >= 4 is 17.5 Å². The molecule has 0 radical (unpaired) electrons. The normalized spacial score (nSPS) is 11.2. The molecule has 2 amide bonds. The summed E-state index contributed by atoms with van der Waals surface area (Å²) in [5.74, 6) is -0.728. The first-order valence-corrected chi connectivity index (χ1v) is 7.62. The fourth-order valence-corrected chi connectivity index (χ4v) is 1.98. The predicted molar refractivity (Wildman–Crippen MR) is 90.6 cm³/mol. The number of benzene rings is 1. The van der Waals surface area contributed by atoms with Crippen molar-refractivity contribution in [1.82, 2.24) is 10.3 Å². The van der Waals surface area contributed by atoms with Gasteiger partial charge in [-0.3, -0.25) is 14.6 Å². The Hall–Kier alpha value is -3.20. The number of amides is 2. The lowest BCUT2D eigenvalue weighted by atomic mass is 10.1. The second kappa shape index (κ2) is 7.88. The van der Waals surface area contributed by atoms with Crippen molar-refractivity contribution in [1.29, 1.82) is 5.26 Å². The highest BCUT2D eigenvalue weighted by Crippen LogP contribution is 2.15. The van der Waals surface area contributed by atoms with E-state index in [0.29, 0.717) is 16.8 Å². The maximum Gasteiger partial charge on any atom is 0.270 e. The summed E-state index contributed by atoms with van der Waals surface area (Å²) in [5, 5.41) is 14.5. The Morgan fingerprint density at radius 3 is 2.71 bits per heavy atom. The Kier molecular flexibility index (Phi) is 5.63. The van der Waals surface area contributed by atoms with Crippen LogP contribution in [0.4, 0.5) is 5.69 Å². The molecule has 0 fully saturated rings. The van der Waals surface area contributed by atoms with Crippen LogP contribution in [0.3, 0.4) is 0 Å². The second-order valence-electron chi connectivity index (χ2n) is 5.32. The van der Waals surface area contributed by atoms with Gasteiger partial charge in [-0.05, 0) is 37.6 Å². The summed E-state index contributed by atoms with van der Waals surface area (Å²) >= 11 is 0. The molecule has 1 aromatic carbocycles. The van der Waals surface area contributed by atoms with E-state index < -0.39 is 5.91 Å². The van der Waals surface area contributed by atoms with Crippen LogP contribution in [-0.2, 0) is 0 Å². The number of rotatable bonds is 5. The number of nitrogens with zero attached hydrogens (tertiary/aromatic N) is 2. The molecule has 0 saturated heterocycles. The van der Waals surface area contributed by atoms with Crippen LogP contribution in [0.1, 0.15) is 46.7 Å². The molecule has 6 nitrogen and oxygen atoms in total. The van der Waals surface area contributed by atoms with E-state index in [2.05, 4.69) is 15.6 Å². The van der Waals surface area contributed by atoms with Crippen LogP contribution in [0.25, 0.3) is 0 Å². The van der Waals surface area contributed by atoms with E-state index in [1.807, 2.05) is 19.9 Å². The fourth-order valence-electron chi connectivity index (χ4n) is 1.98. The first-order valence-electron chi connectivity index (χ1n) is 7.62. The monoisotopic (exact) mass is 322 g/mol. The van der Waals surface area contributed by atoms with Gasteiger partial charge in [-0.15, -0.1) is 0 Å². The summed E-state index contributed by atoms with van der Waals surface area (Å²) in [5.41, 5.74) is 1.27. The third-order valence-electron chi connectivity index (χ3n) is 3.54. The van der Waals surface area contributed by atoms with Gasteiger partial charge in [0.1, 0.15) is 11.8 Å². The van der Waals surface area contributed by atoms with E-state index in [4.69, 9.17) is 5.26 Å². The van der Waals surface area contributed by atoms with Crippen molar-refractivity contribution < 1.29 is 9.59 Å². The summed E-state index contributed by atoms with van der Waals surface area (Å²) in [7, 11) is 0. The third-order valence-corrected chi connectivity index (χ3v) is 3.54. The summed E-state index contributed by atoms with van der Waals surface area (Å²) in [4.78, 5) is 28.5. The van der Waals surface area contributed by atoms with Crippen LogP contribution in [-0.4, -0.2) is 22.8 Å². The number of nitrogens with one attached hydrogen (secondary N) is 2. The Morgan fingerprint density at radius 2 is 2.00 bits per heavy atom. The maximum absolute atomic E-state index is 12.4. The van der Waals surface area contributed by atoms with E-state index in [-0.39, 0.29) is 17.6 Å². The van der Waals surface area contributed by atoms with Gasteiger partial charge in [0.25, 0.3) is 11.8 Å². The molecule has 24 heavy (non-hydrogen) atoms. The molecule has 0 aliphatic heterocycles. The second-order valence-corrected chi connectivity index (χ2v) is 5.32. The number of aromatic nitrogens is 1. The lowest BCUT2D eigenvalue weighted by molar-refractivity contribution is 0.0934. The standard InChI is InChI=1S/C18H18N4O2/c1-3-12(2)21-18(24)16-10-13(8-9-20-16)17(23)22-15-7-5-4-6-14(15)11-19/h4-10,12H,3H2,1-2H3,(H,21,24)(H,22,23). The molecule has 0 bridgehead atoms. The van der Waals surface area contributed by atoms with Crippen molar-refractivity contribution in [2.45, 2.75) is 26.3 Å². The molecule has 0 saturated carbocycles. The van der Waals surface area contributed by atoms with Crippen LogP contribution >= 0.6 is 0 Å². The number of carbonyl (C=O) groups is 2. The average Bonchev–Trinajstić information content (AvgIpc) is 2.62. The first-order chi connectivity index (χ1) is 11.5. The molecule has 2 rings (SSSR count). The van der Waals surface area contributed by atoms with Crippen molar-refractivity contribution in [2.24, 2.45) is 0 Å². The zero-order valence-corrected chi connectivity index (χ0v) is 13.5. The summed E-state index contributed by atoms with van der Waals surface area (Å²) in [6.45, 7) is 3.86. The molecule has 0 aliphatic rings. The van der Waals surface area contributed by atoms with Gasteiger partial charge in [-0.25, -0.2) is 0 Å². The van der Waals surface area contributed by atoms with Crippen LogP contribution in [0.2, 0.25) is 0 Å². The maximum atomic E-state index is 12.4. The largest absolute Gasteiger partial charge is 0.348 e. The lowest BCUT2D eigenvalue weighted by Crippen LogP contribution is -2.32. The van der Waals surface area contributed by atoms with Crippen molar-refractivity contribution in [2.75, 3.05) is 5.32 Å². The summed E-state index contributed by atoms with van der Waals surface area (Å²) in [6, 6.07) is 11.7. The molecule has 2 aromatic rings. The number of hydrogen-bond donors (Lipinski definition) is 2. The number of carbonyl (C=O) groups excluding carboxylic acids is 2. The van der Waals surface area contributed by atoms with Crippen molar-refractivity contribution in [3.63, 3.8) is 0 Å². The Balaban J connectivity index is 2.17. The molecular weight excluding hydrogens is 304 g/mol. The van der Waals surface area contributed by atoms with Gasteiger partial charge in [-0.1, -0.05) is 19.1 Å². The number of para-hydroxylation sites is 1. The molecule has 0 spiro atoms. The number of anilines is 1. The minimum Gasteiger partial charge on any atom is -0.348 e. The van der Waals surface area contributed by atoms with Gasteiger partial charge in [0, 0.05) is 17.8 Å². The van der Waals surface area contributed by atoms with Crippen LogP contribution in [0, 0.1) is 11.3 Å². The van der Waals surface area contributed by atoms with E-state index in [9.17, 15) is 9.59 Å². The van der Waals surface area contributed by atoms with E-state index in [0.717, 1.165) is 6.42 Å². The highest BCUT2D eigenvalue weighted by molar-refractivity contribution is 6.06. The van der Waals surface area contributed by atoms with Crippen LogP contribution in [0.5, 0.6) is 0 Å². The van der Waals surface area contributed by atoms with E-state index in [1.165, 1.54) is 18.3 Å². The third kappa shape index (κ3) is 4.17. The van der Waals surface area contributed by atoms with Crippen molar-refractivity contribution in [3.05, 3.63) is 59.4 Å². The minimum absolute atomic E-state index is 0.0271. The molecule has 122 valence electrons. The van der Waals surface area contributed by atoms with Crippen molar-refractivity contribution in [3.8, 4) is 6.07 Å². The zero-order valence-electron chi connectivity index (χ0n) is 13.5. The predicted octanol–water partition coefficient (Wildman–Crippen LogP) is 2.73. The Bertz CT molecular complexity index is 796. The summed E-state index contributed by atoms with van der Waals surface area (Å²) in [6.07, 6.45) is 2.22. The molecule has 0 aliphatic carbocycles. The number of pyridine rings is 1. The van der Waals surface area contributed by atoms with Gasteiger partial charge in [0.2, 0.25) is 0 Å². The highest BCUT2D eigenvalue weighted by Gasteiger charge is 2.14. The molecule has 1 atom stereocenters. The Labute approximate surface area is 140 Å². The molecule has 1 unspecified atom stereocenters. The van der Waals surface area contributed by atoms with Gasteiger partial charge in [-0.2, -0.15) is 5.26 Å². The van der Waals surface area contributed by atoms with Crippen LogP contribution < -0.4 is 10.6 Å². The quantitative estimate of drug-likeness (QED) is 0.885. The van der Waals surface area contributed by atoms with E-state index >= 15 is 0 Å². The molecule has 2 N–H and O–H groups in total. The SMILES string of the molecule is CCC(C)NC(=O)c1cc(C(=O)Nc2ccccc2C#N)ccn1. The topological polar surface area (TPSA) is 94.9 Å². The highest BCUT2D eigenvalue weighted by atomic mass is 16.2. The van der Waals surface area contributed by atoms with Crippen LogP contribution in [0.15, 0.2) is 42.6 Å². The van der Waals surface area contributed by atoms with E-state index in [1.54, 1.807) is 24.3 Å². The minimum atomic E-state index is -0.405. The fraction of sp³-hybridized carbons (Fsp3) is 0.222. The Morgan fingerprint density at radius 1 is 1.25 bits per heavy atom. The van der Waals surface area contributed by atoms with Gasteiger partial charge >= 0.3 is 0 Å². The molecule has 6 heteroatoms. The number of nitriles is 1. The average molecular weight is 322 g/mol.